The molecule has 0 aliphatic heterocycles. The fourth-order valence-electron chi connectivity index (χ4n) is 5.63. The van der Waals surface area contributed by atoms with Gasteiger partial charge in [0.25, 0.3) is 0 Å². The minimum atomic E-state index is -1.37. The van der Waals surface area contributed by atoms with Gasteiger partial charge in [0.15, 0.2) is 0 Å². The lowest BCUT2D eigenvalue weighted by Crippen LogP contribution is -2.59. The molecular weight excluding hydrogens is 710 g/mol. The van der Waals surface area contributed by atoms with E-state index in [2.05, 4.69) is 26.6 Å². The Morgan fingerprint density at radius 2 is 0.618 bits per heavy atom. The van der Waals surface area contributed by atoms with Gasteiger partial charge < -0.3 is 41.7 Å². The van der Waals surface area contributed by atoms with Crippen LogP contribution >= 0.6 is 0 Å². The van der Waals surface area contributed by atoms with Gasteiger partial charge >= 0.3 is 0 Å². The van der Waals surface area contributed by atoms with E-state index in [1.807, 2.05) is 0 Å². The molecule has 4 aromatic carbocycles. The smallest absolute Gasteiger partial charge is 0.249 e. The molecule has 288 valence electrons. The average Bonchev–Trinajstić information content (AvgIpc) is 3.13. The van der Waals surface area contributed by atoms with Gasteiger partial charge in [-0.25, -0.2) is 0 Å². The first-order valence-electron chi connectivity index (χ1n) is 17.3. The third-order valence-corrected chi connectivity index (χ3v) is 8.40. The number of carbonyl (C=O) groups excluding carboxylic acids is 6. The summed E-state index contributed by atoms with van der Waals surface area (Å²) in [5.41, 5.74) is 2.19. The van der Waals surface area contributed by atoms with Crippen molar-refractivity contribution in [1.82, 2.24) is 26.6 Å². The van der Waals surface area contributed by atoms with Crippen molar-refractivity contribution in [3.63, 3.8) is 0 Å². The number of hydrogen-bond donors (Lipinski definition) is 9. The van der Waals surface area contributed by atoms with Crippen LogP contribution in [0.3, 0.4) is 0 Å². The monoisotopic (exact) mass is 753 g/mol. The molecule has 0 saturated carbocycles. The number of imide groups is 1. The number of phenols is 4. The Kier molecular flexibility index (Phi) is 14.3. The highest BCUT2D eigenvalue weighted by Gasteiger charge is 2.32. The van der Waals surface area contributed by atoms with E-state index in [1.165, 1.54) is 79.7 Å². The molecule has 15 heteroatoms. The van der Waals surface area contributed by atoms with E-state index in [4.69, 9.17) is 0 Å². The number of amides is 6. The molecule has 0 aliphatic rings. The summed E-state index contributed by atoms with van der Waals surface area (Å²) in [7, 11) is 0. The van der Waals surface area contributed by atoms with Crippen LogP contribution in [0.5, 0.6) is 23.0 Å². The first kappa shape index (κ1) is 40.9. The summed E-state index contributed by atoms with van der Waals surface area (Å²) in [6.07, 6.45) is -0.318. The molecule has 9 N–H and O–H groups in total. The first-order valence-corrected chi connectivity index (χ1v) is 17.3. The molecule has 55 heavy (non-hydrogen) atoms. The van der Waals surface area contributed by atoms with Gasteiger partial charge in [0, 0.05) is 39.5 Å². The average molecular weight is 754 g/mol. The van der Waals surface area contributed by atoms with Crippen LogP contribution in [0.2, 0.25) is 0 Å². The fraction of sp³-hybridized carbons (Fsp3) is 0.250. The molecule has 0 unspecified atom stereocenters. The quantitative estimate of drug-likeness (QED) is 0.0797. The Labute approximate surface area is 316 Å². The molecule has 4 rings (SSSR count). The van der Waals surface area contributed by atoms with Gasteiger partial charge in [-0.2, -0.15) is 0 Å². The molecular formula is C40H43N5O10. The summed E-state index contributed by atoms with van der Waals surface area (Å²) in [5.74, 6) is -4.44. The summed E-state index contributed by atoms with van der Waals surface area (Å²) >= 11 is 0. The Bertz CT molecular complexity index is 1970. The zero-order valence-corrected chi connectivity index (χ0v) is 30.1. The van der Waals surface area contributed by atoms with Crippen LogP contribution in [0.25, 0.3) is 0 Å². The molecule has 0 saturated heterocycles. The van der Waals surface area contributed by atoms with Crippen LogP contribution in [-0.2, 0) is 54.5 Å². The second-order valence-electron chi connectivity index (χ2n) is 13.0. The third-order valence-electron chi connectivity index (χ3n) is 8.40. The van der Waals surface area contributed by atoms with Crippen molar-refractivity contribution in [1.29, 1.82) is 0 Å². The van der Waals surface area contributed by atoms with Crippen molar-refractivity contribution in [2.75, 3.05) is 0 Å². The molecule has 0 bridgehead atoms. The van der Waals surface area contributed by atoms with Crippen molar-refractivity contribution in [3.8, 4) is 23.0 Å². The number of nitrogens with one attached hydrogen (secondary N) is 5. The Balaban J connectivity index is 1.64. The number of hydrogen-bond acceptors (Lipinski definition) is 10. The van der Waals surface area contributed by atoms with Crippen LogP contribution in [0, 0.1) is 0 Å². The van der Waals surface area contributed by atoms with Gasteiger partial charge in [-0.1, -0.05) is 48.5 Å². The molecule has 0 fully saturated rings. The van der Waals surface area contributed by atoms with E-state index in [0.717, 1.165) is 6.92 Å². The van der Waals surface area contributed by atoms with Crippen LogP contribution in [-0.4, -0.2) is 80.0 Å². The minimum absolute atomic E-state index is 0.00645. The summed E-state index contributed by atoms with van der Waals surface area (Å²) in [5, 5.41) is 51.8. The second-order valence-corrected chi connectivity index (χ2v) is 13.0. The van der Waals surface area contributed by atoms with Gasteiger partial charge in [-0.05, 0) is 70.8 Å². The largest absolute Gasteiger partial charge is 0.508 e. The van der Waals surface area contributed by atoms with Crippen LogP contribution < -0.4 is 26.6 Å². The molecule has 4 aromatic rings. The number of benzene rings is 4. The lowest BCUT2D eigenvalue weighted by atomic mass is 10.00. The summed E-state index contributed by atoms with van der Waals surface area (Å²) in [6, 6.07) is 18.5. The Morgan fingerprint density at radius 1 is 0.382 bits per heavy atom. The summed E-state index contributed by atoms with van der Waals surface area (Å²) in [6.45, 7) is 2.37. The first-order chi connectivity index (χ1) is 26.1. The maximum Gasteiger partial charge on any atom is 0.249 e. The third kappa shape index (κ3) is 13.2. The number of aromatic hydroxyl groups is 4. The number of carbonyl (C=O) groups is 6. The van der Waals surface area contributed by atoms with Crippen molar-refractivity contribution >= 4 is 35.4 Å². The highest BCUT2D eigenvalue weighted by Crippen LogP contribution is 2.16. The molecule has 6 amide bonds. The SMILES string of the molecule is CC(=O)NC(=O)[C@H](Cc1ccc(O)cc1)NC(=O)[C@H](Cc1ccc(O)cc1)NC(=O)[C@H](Cc1ccc(O)cc1)NC(=O)[C@H](Cc1ccc(O)cc1)NC(C)=O. The van der Waals surface area contributed by atoms with Crippen LogP contribution in [0.1, 0.15) is 36.1 Å². The molecule has 0 aromatic heterocycles. The Hall–Kier alpha value is -6.90. The van der Waals surface area contributed by atoms with Crippen molar-refractivity contribution < 1.29 is 49.2 Å². The number of rotatable bonds is 16. The van der Waals surface area contributed by atoms with E-state index in [0.29, 0.717) is 22.3 Å². The second kappa shape index (κ2) is 19.3. The summed E-state index contributed by atoms with van der Waals surface area (Å²) in [4.78, 5) is 79.0. The Morgan fingerprint density at radius 3 is 0.855 bits per heavy atom. The fourth-order valence-corrected chi connectivity index (χ4v) is 5.63. The van der Waals surface area contributed by atoms with Gasteiger partial charge in [0.2, 0.25) is 35.4 Å². The molecule has 0 radical (unpaired) electrons. The van der Waals surface area contributed by atoms with Gasteiger partial charge in [0.1, 0.15) is 47.2 Å². The van der Waals surface area contributed by atoms with Crippen molar-refractivity contribution in [3.05, 3.63) is 119 Å². The number of phenolic OH excluding ortho intramolecular Hbond substituents is 4. The van der Waals surface area contributed by atoms with Gasteiger partial charge in [-0.3, -0.25) is 34.1 Å². The lowest BCUT2D eigenvalue weighted by Gasteiger charge is -2.27. The predicted octanol–water partition coefficient (Wildman–Crippen LogP) is 1.40. The molecule has 15 nitrogen and oxygen atoms in total. The van der Waals surface area contributed by atoms with Crippen LogP contribution in [0.4, 0.5) is 0 Å². The minimum Gasteiger partial charge on any atom is -0.508 e. The highest BCUT2D eigenvalue weighted by atomic mass is 16.3. The summed E-state index contributed by atoms with van der Waals surface area (Å²) < 4.78 is 0. The molecule has 0 heterocycles. The van der Waals surface area contributed by atoms with Crippen molar-refractivity contribution in [2.24, 2.45) is 0 Å². The van der Waals surface area contributed by atoms with Crippen LogP contribution in [0.15, 0.2) is 97.1 Å². The predicted molar refractivity (Wildman–Crippen MR) is 199 cm³/mol. The van der Waals surface area contributed by atoms with Gasteiger partial charge in [-0.15, -0.1) is 0 Å². The maximum absolute atomic E-state index is 14.2. The zero-order chi connectivity index (χ0) is 40.1. The highest BCUT2D eigenvalue weighted by molar-refractivity contribution is 6.00. The van der Waals surface area contributed by atoms with Gasteiger partial charge in [0.05, 0.1) is 0 Å². The molecule has 0 aliphatic carbocycles. The van der Waals surface area contributed by atoms with E-state index in [9.17, 15) is 49.2 Å². The normalized spacial score (nSPS) is 12.9. The van der Waals surface area contributed by atoms with Crippen molar-refractivity contribution in [2.45, 2.75) is 63.7 Å². The topological polar surface area (TPSA) is 243 Å². The maximum atomic E-state index is 14.2. The van der Waals surface area contributed by atoms with E-state index in [1.54, 1.807) is 24.3 Å². The zero-order valence-electron chi connectivity index (χ0n) is 30.1. The van der Waals surface area contributed by atoms with E-state index >= 15 is 0 Å². The lowest BCUT2D eigenvalue weighted by molar-refractivity contribution is -0.135. The van der Waals surface area contributed by atoms with E-state index < -0.39 is 59.6 Å². The van der Waals surface area contributed by atoms with E-state index in [-0.39, 0.29) is 48.7 Å². The molecule has 4 atom stereocenters. The molecule has 0 spiro atoms. The standard InChI is InChI=1S/C40H43N5O10/c1-23(46)41-33(19-25-3-11-29(48)12-4-25)38(53)44-35(21-27-7-15-31(50)16-8-27)40(55)45-36(22-28-9-17-32(51)18-10-28)39(54)43-34(37(52)42-24(2)47)20-26-5-13-30(49)14-6-26/h3-18,33-36,48-51H,19-22H2,1-2H3,(H,41,46)(H,43,54)(H,44,53)(H,45,55)(H,42,47,52)/t33-,34-,35-,36-/m0/s1.